The van der Waals surface area contributed by atoms with Crippen molar-refractivity contribution in [3.63, 3.8) is 0 Å². The number of hydrogen-bond acceptors (Lipinski definition) is 5. The van der Waals surface area contributed by atoms with Gasteiger partial charge >= 0.3 is 0 Å². The third-order valence-corrected chi connectivity index (χ3v) is 6.21. The summed E-state index contributed by atoms with van der Waals surface area (Å²) in [6.45, 7) is 10.3. The van der Waals surface area contributed by atoms with Crippen molar-refractivity contribution in [2.75, 3.05) is 20.1 Å². The number of hydrogen-bond donors (Lipinski definition) is 1. The average molecular weight is 390 g/mol. The molecule has 0 spiro atoms. The molecule has 0 amide bonds. The smallest absolute Gasteiger partial charge is 0.156 e. The lowest BCUT2D eigenvalue weighted by molar-refractivity contribution is 0.412. The van der Waals surface area contributed by atoms with E-state index in [-0.39, 0.29) is 0 Å². The van der Waals surface area contributed by atoms with Gasteiger partial charge in [-0.1, -0.05) is 12.2 Å². The molecule has 0 aromatic rings. The van der Waals surface area contributed by atoms with E-state index in [1.54, 1.807) is 0 Å². The number of piperidine rings is 1. The zero-order valence-corrected chi connectivity index (χ0v) is 17.8. The molecule has 0 unspecified atom stereocenters. The molecule has 5 nitrogen and oxygen atoms in total. The van der Waals surface area contributed by atoms with E-state index in [0.29, 0.717) is 5.92 Å². The fraction of sp³-hybridized carbons (Fsp3) is 0.458. The lowest BCUT2D eigenvalue weighted by Crippen LogP contribution is -2.35. The predicted molar refractivity (Wildman–Crippen MR) is 122 cm³/mol. The lowest BCUT2D eigenvalue weighted by atomic mass is 9.88. The van der Waals surface area contributed by atoms with Gasteiger partial charge in [0.25, 0.3) is 0 Å². The Hall–Kier alpha value is -2.53. The van der Waals surface area contributed by atoms with Gasteiger partial charge in [0.15, 0.2) is 5.84 Å². The van der Waals surface area contributed by atoms with E-state index >= 15 is 0 Å². The molecule has 1 N–H and O–H groups in total. The fourth-order valence-electron chi connectivity index (χ4n) is 3.98. The molecule has 29 heavy (non-hydrogen) atoms. The third-order valence-electron chi connectivity index (χ3n) is 6.21. The zero-order valence-electron chi connectivity index (χ0n) is 17.8. The van der Waals surface area contributed by atoms with Crippen LogP contribution in [0.3, 0.4) is 0 Å². The van der Waals surface area contributed by atoms with Crippen LogP contribution in [0, 0.1) is 5.92 Å². The summed E-state index contributed by atoms with van der Waals surface area (Å²) in [5.41, 5.74) is 7.90. The quantitative estimate of drug-likeness (QED) is 0.567. The Morgan fingerprint density at radius 2 is 2.03 bits per heavy atom. The Kier molecular flexibility index (Phi) is 5.76. The van der Waals surface area contributed by atoms with Crippen molar-refractivity contribution >= 4 is 17.8 Å². The molecular weight excluding hydrogens is 358 g/mol. The van der Waals surface area contributed by atoms with Gasteiger partial charge in [0, 0.05) is 24.9 Å². The maximum Gasteiger partial charge on any atom is 0.156 e. The number of allylic oxidation sites excluding steroid dienone is 6. The number of amidine groups is 1. The molecule has 1 saturated carbocycles. The first-order valence-electron chi connectivity index (χ1n) is 10.7. The maximum atomic E-state index is 4.92. The highest BCUT2D eigenvalue weighted by Gasteiger charge is 2.29. The predicted octanol–water partition coefficient (Wildman–Crippen LogP) is 4.54. The molecular formula is C24H31N5. The Morgan fingerprint density at radius 1 is 1.28 bits per heavy atom. The molecule has 4 rings (SSSR count). The highest BCUT2D eigenvalue weighted by atomic mass is 15.2. The Morgan fingerprint density at radius 3 is 2.66 bits per heavy atom. The van der Waals surface area contributed by atoms with Crippen molar-refractivity contribution in [2.45, 2.75) is 46.0 Å². The van der Waals surface area contributed by atoms with E-state index in [0.717, 1.165) is 67.2 Å². The van der Waals surface area contributed by atoms with E-state index in [4.69, 9.17) is 9.98 Å². The third kappa shape index (κ3) is 4.10. The highest BCUT2D eigenvalue weighted by Crippen LogP contribution is 2.36. The van der Waals surface area contributed by atoms with Gasteiger partial charge in [0.05, 0.1) is 23.3 Å². The number of nitrogens with one attached hydrogen (secondary N) is 1. The number of aliphatic imine (C=N–C) groups is 3. The van der Waals surface area contributed by atoms with Gasteiger partial charge in [-0.15, -0.1) is 0 Å². The average Bonchev–Trinajstić information content (AvgIpc) is 2.70. The van der Waals surface area contributed by atoms with E-state index in [2.05, 4.69) is 47.1 Å². The molecule has 3 aliphatic heterocycles. The minimum atomic E-state index is 0.529. The molecule has 0 radical (unpaired) electrons. The molecule has 0 aromatic heterocycles. The minimum absolute atomic E-state index is 0.529. The van der Waals surface area contributed by atoms with Crippen LogP contribution >= 0.6 is 0 Å². The van der Waals surface area contributed by atoms with Crippen molar-refractivity contribution in [3.05, 3.63) is 58.7 Å². The summed E-state index contributed by atoms with van der Waals surface area (Å²) in [5, 5.41) is 3.44. The summed E-state index contributed by atoms with van der Waals surface area (Å²) in [4.78, 5) is 16.5. The lowest BCUT2D eigenvalue weighted by Gasteiger charge is -2.34. The monoisotopic (exact) mass is 389 g/mol. The molecule has 0 atom stereocenters. The van der Waals surface area contributed by atoms with Crippen LogP contribution in [0.15, 0.2) is 73.7 Å². The first kappa shape index (κ1) is 19.8. The Balaban J connectivity index is 1.70. The number of fused-ring (bicyclic) bond motifs is 1. The van der Waals surface area contributed by atoms with Crippen LogP contribution in [0.4, 0.5) is 0 Å². The van der Waals surface area contributed by atoms with Gasteiger partial charge in [-0.25, -0.2) is 4.99 Å². The SMILES string of the molecule is C=C(C)/C(C)=C/C(=NC)C1=CC(=C2CCC2)N2C=C(C3CCNCC3)N=CC2=N1. The first-order valence-corrected chi connectivity index (χ1v) is 10.7. The van der Waals surface area contributed by atoms with E-state index in [9.17, 15) is 0 Å². The first-order chi connectivity index (χ1) is 14.1. The van der Waals surface area contributed by atoms with Crippen LogP contribution in [0.25, 0.3) is 0 Å². The van der Waals surface area contributed by atoms with Crippen molar-refractivity contribution in [1.29, 1.82) is 0 Å². The zero-order chi connectivity index (χ0) is 20.4. The molecule has 0 aromatic carbocycles. The second kappa shape index (κ2) is 8.46. The summed E-state index contributed by atoms with van der Waals surface area (Å²) in [6, 6.07) is 0. The molecule has 5 heteroatoms. The number of rotatable bonds is 4. The normalized spacial score (nSPS) is 23.3. The molecule has 1 saturated heterocycles. The summed E-state index contributed by atoms with van der Waals surface area (Å²) in [7, 11) is 1.82. The van der Waals surface area contributed by atoms with Gasteiger partial charge in [0.2, 0.25) is 0 Å². The van der Waals surface area contributed by atoms with Crippen LogP contribution in [0.1, 0.15) is 46.0 Å². The molecule has 4 aliphatic rings. The second-order valence-electron chi connectivity index (χ2n) is 8.26. The van der Waals surface area contributed by atoms with Crippen molar-refractivity contribution in [1.82, 2.24) is 10.2 Å². The number of nitrogens with zero attached hydrogens (tertiary/aromatic N) is 4. The second-order valence-corrected chi connectivity index (χ2v) is 8.26. The molecule has 0 bridgehead atoms. The van der Waals surface area contributed by atoms with Crippen molar-refractivity contribution < 1.29 is 0 Å². The van der Waals surface area contributed by atoms with Crippen LogP contribution in [-0.2, 0) is 0 Å². The van der Waals surface area contributed by atoms with Gasteiger partial charge in [-0.05, 0) is 82.3 Å². The largest absolute Gasteiger partial charge is 0.317 e. The van der Waals surface area contributed by atoms with Crippen LogP contribution < -0.4 is 5.32 Å². The van der Waals surface area contributed by atoms with Gasteiger partial charge < -0.3 is 5.32 Å². The summed E-state index contributed by atoms with van der Waals surface area (Å²) < 4.78 is 0. The molecule has 3 heterocycles. The summed E-state index contributed by atoms with van der Waals surface area (Å²) in [5.74, 6) is 1.41. The molecule has 1 aliphatic carbocycles. The maximum absolute atomic E-state index is 4.92. The topological polar surface area (TPSA) is 52.3 Å². The van der Waals surface area contributed by atoms with Gasteiger partial charge in [-0.2, -0.15) is 0 Å². The van der Waals surface area contributed by atoms with Crippen LogP contribution in [0.2, 0.25) is 0 Å². The summed E-state index contributed by atoms with van der Waals surface area (Å²) in [6.07, 6.45) is 14.3. The molecule has 2 fully saturated rings. The highest BCUT2D eigenvalue weighted by molar-refractivity contribution is 6.32. The Labute approximate surface area is 174 Å². The summed E-state index contributed by atoms with van der Waals surface area (Å²) >= 11 is 0. The van der Waals surface area contributed by atoms with Gasteiger partial charge in [0.1, 0.15) is 0 Å². The standard InChI is InChI=1S/C24H31N5/c1-16(2)17(3)12-20(25-4)21-13-23(19-6-5-7-19)29-15-22(27-14-24(29)28-21)18-8-10-26-11-9-18/h12-15,18,26H,1,5-11H2,2-4H3/b17-12+,25-20?. The van der Waals surface area contributed by atoms with Gasteiger partial charge in [-0.3, -0.25) is 14.9 Å². The van der Waals surface area contributed by atoms with Crippen LogP contribution in [0.5, 0.6) is 0 Å². The molecule has 152 valence electrons. The fourth-order valence-corrected chi connectivity index (χ4v) is 3.98. The van der Waals surface area contributed by atoms with E-state index in [1.165, 1.54) is 23.4 Å². The van der Waals surface area contributed by atoms with Crippen molar-refractivity contribution in [2.24, 2.45) is 20.9 Å². The van der Waals surface area contributed by atoms with E-state index in [1.807, 2.05) is 20.2 Å². The van der Waals surface area contributed by atoms with E-state index < -0.39 is 0 Å². The van der Waals surface area contributed by atoms with Crippen molar-refractivity contribution in [3.8, 4) is 0 Å². The minimum Gasteiger partial charge on any atom is -0.317 e. The van der Waals surface area contributed by atoms with Crippen LogP contribution in [-0.4, -0.2) is 42.8 Å². The Bertz CT molecular complexity index is 911.